The van der Waals surface area contributed by atoms with Crippen LogP contribution in [0.4, 0.5) is 5.69 Å². The Morgan fingerprint density at radius 3 is 2.79 bits per heavy atom. The van der Waals surface area contributed by atoms with Crippen molar-refractivity contribution in [1.29, 1.82) is 0 Å². The molecule has 0 fully saturated rings. The third-order valence-corrected chi connectivity index (χ3v) is 2.61. The van der Waals surface area contributed by atoms with E-state index in [4.69, 9.17) is 10.8 Å². The molecule has 0 bridgehead atoms. The van der Waals surface area contributed by atoms with Crippen molar-refractivity contribution < 1.29 is 14.7 Å². The number of hydrogen-bond donors (Lipinski definition) is 3. The summed E-state index contributed by atoms with van der Waals surface area (Å²) in [7, 11) is 0. The third-order valence-electron chi connectivity index (χ3n) is 2.61. The van der Waals surface area contributed by atoms with Gasteiger partial charge in [0, 0.05) is 17.6 Å². The van der Waals surface area contributed by atoms with Crippen LogP contribution >= 0.6 is 0 Å². The van der Waals surface area contributed by atoms with Crippen molar-refractivity contribution >= 4 is 28.5 Å². The molecule has 0 saturated heterocycles. The lowest BCUT2D eigenvalue weighted by atomic mass is 10.1. The standard InChI is InChI=1S/C13H13N3O3/c14-9-7-11(13(19)15-6-5-12(17)18)16-10-4-2-1-3-8(9)10/h1-4,7H,5-6H2,(H2,14,16)(H,15,19)(H,17,18). The number of nitrogen functional groups attached to an aromatic ring is 1. The van der Waals surface area contributed by atoms with Gasteiger partial charge in [0.15, 0.2) is 0 Å². The second-order valence-electron chi connectivity index (χ2n) is 4.01. The van der Waals surface area contributed by atoms with E-state index in [1.54, 1.807) is 12.1 Å². The van der Waals surface area contributed by atoms with Crippen molar-refractivity contribution in [3.05, 3.63) is 36.0 Å². The average molecular weight is 259 g/mol. The summed E-state index contributed by atoms with van der Waals surface area (Å²) in [4.78, 5) is 26.4. The van der Waals surface area contributed by atoms with E-state index in [2.05, 4.69) is 10.3 Å². The zero-order chi connectivity index (χ0) is 13.8. The number of carboxylic acids is 1. The van der Waals surface area contributed by atoms with Crippen LogP contribution in [0.1, 0.15) is 16.9 Å². The Balaban J connectivity index is 2.20. The summed E-state index contributed by atoms with van der Waals surface area (Å²) in [6.45, 7) is 0.0581. The summed E-state index contributed by atoms with van der Waals surface area (Å²) in [6.07, 6.45) is -0.130. The zero-order valence-electron chi connectivity index (χ0n) is 10.1. The van der Waals surface area contributed by atoms with Crippen molar-refractivity contribution in [2.45, 2.75) is 6.42 Å². The molecule has 0 atom stereocenters. The highest BCUT2D eigenvalue weighted by Gasteiger charge is 2.10. The highest BCUT2D eigenvalue weighted by molar-refractivity contribution is 5.99. The van der Waals surface area contributed by atoms with Gasteiger partial charge >= 0.3 is 5.97 Å². The Morgan fingerprint density at radius 2 is 2.05 bits per heavy atom. The first kappa shape index (κ1) is 12.8. The van der Waals surface area contributed by atoms with Gasteiger partial charge in [0.05, 0.1) is 11.9 Å². The molecule has 1 aromatic carbocycles. The van der Waals surface area contributed by atoms with Gasteiger partial charge in [-0.05, 0) is 12.1 Å². The molecule has 0 radical (unpaired) electrons. The molecule has 19 heavy (non-hydrogen) atoms. The van der Waals surface area contributed by atoms with Gasteiger partial charge in [0.1, 0.15) is 5.69 Å². The maximum atomic E-state index is 11.8. The van der Waals surface area contributed by atoms with Crippen LogP contribution in [0.5, 0.6) is 0 Å². The molecule has 6 heteroatoms. The number of nitrogens with zero attached hydrogens (tertiary/aromatic N) is 1. The smallest absolute Gasteiger partial charge is 0.305 e. The van der Waals surface area contributed by atoms with Gasteiger partial charge in [-0.25, -0.2) is 4.98 Å². The number of aliphatic carboxylic acids is 1. The first-order valence-corrected chi connectivity index (χ1v) is 5.73. The predicted molar refractivity (Wildman–Crippen MR) is 70.7 cm³/mol. The number of rotatable bonds is 4. The molecule has 0 unspecified atom stereocenters. The van der Waals surface area contributed by atoms with E-state index in [-0.39, 0.29) is 18.7 Å². The lowest BCUT2D eigenvalue weighted by molar-refractivity contribution is -0.136. The first-order valence-electron chi connectivity index (χ1n) is 5.73. The molecular weight excluding hydrogens is 246 g/mol. The van der Waals surface area contributed by atoms with Crippen LogP contribution in [0, 0.1) is 0 Å². The van der Waals surface area contributed by atoms with E-state index in [1.807, 2.05) is 12.1 Å². The number of pyridine rings is 1. The quantitative estimate of drug-likeness (QED) is 0.760. The van der Waals surface area contributed by atoms with Gasteiger partial charge in [-0.15, -0.1) is 0 Å². The minimum atomic E-state index is -0.966. The van der Waals surface area contributed by atoms with Crippen molar-refractivity contribution in [3.63, 3.8) is 0 Å². The predicted octanol–water partition coefficient (Wildman–Crippen LogP) is 1.02. The van der Waals surface area contributed by atoms with Crippen LogP contribution in [0.2, 0.25) is 0 Å². The number of fused-ring (bicyclic) bond motifs is 1. The summed E-state index contributed by atoms with van der Waals surface area (Å²) >= 11 is 0. The summed E-state index contributed by atoms with van der Waals surface area (Å²) in [5.74, 6) is -1.40. The molecule has 2 rings (SSSR count). The number of nitrogens with one attached hydrogen (secondary N) is 1. The summed E-state index contributed by atoms with van der Waals surface area (Å²) in [6, 6.07) is 8.72. The van der Waals surface area contributed by atoms with E-state index < -0.39 is 11.9 Å². The van der Waals surface area contributed by atoms with Gasteiger partial charge in [-0.2, -0.15) is 0 Å². The van der Waals surface area contributed by atoms with Crippen LogP contribution in [-0.4, -0.2) is 28.5 Å². The van der Waals surface area contributed by atoms with E-state index in [1.165, 1.54) is 6.07 Å². The number of amides is 1. The Morgan fingerprint density at radius 1 is 1.32 bits per heavy atom. The maximum absolute atomic E-state index is 11.8. The van der Waals surface area contributed by atoms with Crippen molar-refractivity contribution in [1.82, 2.24) is 10.3 Å². The van der Waals surface area contributed by atoms with Crippen LogP contribution in [0.25, 0.3) is 10.9 Å². The molecule has 1 heterocycles. The molecule has 0 aliphatic heterocycles. The number of carbonyl (C=O) groups excluding carboxylic acids is 1. The third kappa shape index (κ3) is 2.98. The number of hydrogen-bond acceptors (Lipinski definition) is 4. The molecule has 0 spiro atoms. The van der Waals surface area contributed by atoms with E-state index in [0.717, 1.165) is 5.39 Å². The molecule has 4 N–H and O–H groups in total. The molecule has 1 aromatic heterocycles. The lowest BCUT2D eigenvalue weighted by Gasteiger charge is -2.06. The Kier molecular flexibility index (Phi) is 3.61. The van der Waals surface area contributed by atoms with Crippen LogP contribution in [0.15, 0.2) is 30.3 Å². The minimum absolute atomic E-state index is 0.0581. The fraction of sp³-hybridized carbons (Fsp3) is 0.154. The topological polar surface area (TPSA) is 105 Å². The monoisotopic (exact) mass is 259 g/mol. The number of benzene rings is 1. The number of nitrogens with two attached hydrogens (primary N) is 1. The highest BCUT2D eigenvalue weighted by atomic mass is 16.4. The maximum Gasteiger partial charge on any atom is 0.305 e. The average Bonchev–Trinajstić information content (AvgIpc) is 2.38. The number of aromatic nitrogens is 1. The molecule has 2 aromatic rings. The number of carboxylic acid groups (broad SMARTS) is 1. The molecule has 0 saturated carbocycles. The fourth-order valence-corrected chi connectivity index (χ4v) is 1.69. The second kappa shape index (κ2) is 5.34. The number of carbonyl (C=O) groups is 2. The molecule has 0 aliphatic rings. The Hall–Kier alpha value is -2.63. The molecule has 0 aliphatic carbocycles. The second-order valence-corrected chi connectivity index (χ2v) is 4.01. The number of para-hydroxylation sites is 1. The summed E-state index contributed by atoms with van der Waals surface area (Å²) in [5.41, 5.74) is 7.14. The van der Waals surface area contributed by atoms with Crippen molar-refractivity contribution in [2.24, 2.45) is 0 Å². The van der Waals surface area contributed by atoms with Crippen LogP contribution < -0.4 is 11.1 Å². The first-order chi connectivity index (χ1) is 9.08. The Bertz CT molecular complexity index is 640. The van der Waals surface area contributed by atoms with Gasteiger partial charge in [0.2, 0.25) is 0 Å². The van der Waals surface area contributed by atoms with Gasteiger partial charge in [0.25, 0.3) is 5.91 Å². The van der Waals surface area contributed by atoms with E-state index in [9.17, 15) is 9.59 Å². The largest absolute Gasteiger partial charge is 0.481 e. The van der Waals surface area contributed by atoms with Gasteiger partial charge < -0.3 is 16.2 Å². The van der Waals surface area contributed by atoms with Crippen molar-refractivity contribution in [2.75, 3.05) is 12.3 Å². The number of anilines is 1. The van der Waals surface area contributed by atoms with Crippen LogP contribution in [0.3, 0.4) is 0 Å². The summed E-state index contributed by atoms with van der Waals surface area (Å²) < 4.78 is 0. The van der Waals surface area contributed by atoms with E-state index in [0.29, 0.717) is 11.2 Å². The molecular formula is C13H13N3O3. The van der Waals surface area contributed by atoms with E-state index >= 15 is 0 Å². The molecule has 6 nitrogen and oxygen atoms in total. The highest BCUT2D eigenvalue weighted by Crippen LogP contribution is 2.19. The summed E-state index contributed by atoms with van der Waals surface area (Å²) in [5, 5.41) is 11.8. The zero-order valence-corrected chi connectivity index (χ0v) is 10.1. The minimum Gasteiger partial charge on any atom is -0.481 e. The SMILES string of the molecule is Nc1cc(C(=O)NCCC(=O)O)nc2ccccc12. The normalized spacial score (nSPS) is 10.3. The molecule has 1 amide bonds. The van der Waals surface area contributed by atoms with Crippen LogP contribution in [-0.2, 0) is 4.79 Å². The van der Waals surface area contributed by atoms with Gasteiger partial charge in [-0.3, -0.25) is 9.59 Å². The Labute approximate surface area is 109 Å². The lowest BCUT2D eigenvalue weighted by Crippen LogP contribution is -2.26. The molecule has 98 valence electrons. The van der Waals surface area contributed by atoms with Crippen molar-refractivity contribution in [3.8, 4) is 0 Å². The van der Waals surface area contributed by atoms with Gasteiger partial charge in [-0.1, -0.05) is 18.2 Å². The fourth-order valence-electron chi connectivity index (χ4n) is 1.69.